The van der Waals surface area contributed by atoms with Gasteiger partial charge in [-0.15, -0.1) is 11.3 Å². The number of aryl methyl sites for hydroxylation is 1. The number of hydrogen-bond donors (Lipinski definition) is 3. The highest BCUT2D eigenvalue weighted by Gasteiger charge is 2.34. The number of rotatable bonds is 9. The molecule has 0 spiro atoms. The average molecular weight is 597 g/mol. The Balaban J connectivity index is 1.44. The van der Waals surface area contributed by atoms with Crippen LogP contribution in [0.1, 0.15) is 68.7 Å². The monoisotopic (exact) mass is 596 g/mol. The minimum absolute atomic E-state index is 0.0572. The zero-order valence-electron chi connectivity index (χ0n) is 23.2. The number of likely N-dealkylation sites (tertiary alicyclic amines) is 1. The number of hydrogen-bond acceptors (Lipinski definition) is 8. The Morgan fingerprint density at radius 1 is 1.15 bits per heavy atom. The number of thiazole rings is 1. The highest BCUT2D eigenvalue weighted by Crippen LogP contribution is 2.35. The van der Waals surface area contributed by atoms with Gasteiger partial charge in [0.05, 0.1) is 23.1 Å². The van der Waals surface area contributed by atoms with Gasteiger partial charge in [-0.3, -0.25) is 9.59 Å². The molecule has 0 unspecified atom stereocenters. The van der Waals surface area contributed by atoms with Gasteiger partial charge in [-0.1, -0.05) is 30.3 Å². The summed E-state index contributed by atoms with van der Waals surface area (Å²) in [6.07, 6.45) is 3.91. The first kappa shape index (κ1) is 29.4. The third-order valence-corrected chi connectivity index (χ3v) is 9.97. The van der Waals surface area contributed by atoms with E-state index >= 15 is 0 Å². The van der Waals surface area contributed by atoms with Crippen LogP contribution in [0.2, 0.25) is 0 Å². The Hall–Kier alpha value is -3.12. The van der Waals surface area contributed by atoms with Gasteiger partial charge in [0, 0.05) is 41.0 Å². The normalized spacial score (nSPS) is 20.6. The lowest BCUT2D eigenvalue weighted by Gasteiger charge is -2.29. The van der Waals surface area contributed by atoms with Crippen molar-refractivity contribution >= 4 is 33.0 Å². The van der Waals surface area contributed by atoms with Gasteiger partial charge in [-0.05, 0) is 69.3 Å². The van der Waals surface area contributed by atoms with Gasteiger partial charge in [-0.25, -0.2) is 13.4 Å². The van der Waals surface area contributed by atoms with Crippen LogP contribution in [-0.4, -0.2) is 72.8 Å². The quantitative estimate of drug-likeness (QED) is 0.346. The highest BCUT2D eigenvalue weighted by atomic mass is 32.2. The predicted molar refractivity (Wildman–Crippen MR) is 158 cm³/mol. The van der Waals surface area contributed by atoms with Crippen LogP contribution in [0.3, 0.4) is 0 Å². The molecule has 218 valence electrons. The molecular formula is C30H36N4O5S2. The van der Waals surface area contributed by atoms with E-state index in [-0.39, 0.29) is 34.0 Å². The van der Waals surface area contributed by atoms with Crippen LogP contribution in [-0.2, 0) is 16.3 Å². The van der Waals surface area contributed by atoms with Crippen LogP contribution in [0.5, 0.6) is 0 Å². The minimum atomic E-state index is -3.73. The lowest BCUT2D eigenvalue weighted by Crippen LogP contribution is -2.52. The molecule has 9 nitrogen and oxygen atoms in total. The Morgan fingerprint density at radius 3 is 2.56 bits per heavy atom. The van der Waals surface area contributed by atoms with E-state index in [1.165, 1.54) is 29.5 Å². The Morgan fingerprint density at radius 2 is 1.90 bits per heavy atom. The summed E-state index contributed by atoms with van der Waals surface area (Å²) in [6, 6.07) is 12.7. The first-order valence-corrected chi connectivity index (χ1v) is 16.7. The molecule has 0 aliphatic carbocycles. The molecule has 2 fully saturated rings. The van der Waals surface area contributed by atoms with Crippen molar-refractivity contribution in [3.8, 4) is 0 Å². The van der Waals surface area contributed by atoms with E-state index < -0.39 is 27.9 Å². The number of carbonyl (C=O) groups excluding carboxylic acids is 2. The van der Waals surface area contributed by atoms with Crippen LogP contribution in [0, 0.1) is 6.92 Å². The van der Waals surface area contributed by atoms with Gasteiger partial charge < -0.3 is 20.6 Å². The number of aliphatic hydroxyl groups excluding tert-OH is 1. The summed E-state index contributed by atoms with van der Waals surface area (Å²) in [4.78, 5) is 33.6. The fourth-order valence-electron chi connectivity index (χ4n) is 5.69. The summed E-state index contributed by atoms with van der Waals surface area (Å²) in [7, 11) is -3.73. The van der Waals surface area contributed by atoms with E-state index in [4.69, 9.17) is 0 Å². The van der Waals surface area contributed by atoms with Crippen molar-refractivity contribution in [3.05, 3.63) is 81.3 Å². The van der Waals surface area contributed by atoms with Gasteiger partial charge in [-0.2, -0.15) is 0 Å². The van der Waals surface area contributed by atoms with Crippen LogP contribution in [0.4, 0.5) is 0 Å². The average Bonchev–Trinajstić information content (AvgIpc) is 3.74. The molecule has 2 amide bonds. The van der Waals surface area contributed by atoms with Crippen LogP contribution in [0.25, 0.3) is 0 Å². The van der Waals surface area contributed by atoms with Gasteiger partial charge in [0.15, 0.2) is 9.84 Å². The Kier molecular flexibility index (Phi) is 8.88. The zero-order chi connectivity index (χ0) is 29.1. The molecule has 3 N–H and O–H groups in total. The standard InChI is InChI=1S/C30H36N4O5S2/c1-19-18-40-29(32-19)26-11-7-13-34(26)30(37)22-15-21(16-23(17-22)41(2,38)39)28(36)33-25(14-20-8-4-3-5-9-20)27(35)24-10-6-12-31-24/h3-5,8-9,15-18,24-27,31,35H,6-7,10-14H2,1-2H3,(H,33,36)/t24-,25+,26+,27+/m0/s1. The number of aliphatic hydroxyl groups is 1. The fraction of sp³-hybridized carbons (Fsp3) is 0.433. The second-order valence-corrected chi connectivity index (χ2v) is 13.9. The van der Waals surface area contributed by atoms with Crippen molar-refractivity contribution in [3.63, 3.8) is 0 Å². The van der Waals surface area contributed by atoms with E-state index in [0.717, 1.165) is 54.7 Å². The highest BCUT2D eigenvalue weighted by molar-refractivity contribution is 7.90. The molecule has 41 heavy (non-hydrogen) atoms. The SMILES string of the molecule is Cc1csc([C@H]2CCCN2C(=O)c2cc(C(=O)N[C@H](Cc3ccccc3)[C@H](O)[C@@H]3CCCN3)cc(S(C)(=O)=O)c2)n1. The van der Waals surface area contributed by atoms with Crippen molar-refractivity contribution in [2.24, 2.45) is 0 Å². The van der Waals surface area contributed by atoms with Crippen molar-refractivity contribution in [2.45, 2.75) is 68.2 Å². The molecule has 4 atom stereocenters. The lowest BCUT2D eigenvalue weighted by molar-refractivity contribution is 0.0733. The number of sulfone groups is 1. The van der Waals surface area contributed by atoms with E-state index in [1.54, 1.807) is 4.90 Å². The minimum Gasteiger partial charge on any atom is -0.389 e. The largest absolute Gasteiger partial charge is 0.389 e. The van der Waals surface area contributed by atoms with Gasteiger partial charge in [0.25, 0.3) is 11.8 Å². The van der Waals surface area contributed by atoms with Crippen molar-refractivity contribution < 1.29 is 23.1 Å². The number of aromatic nitrogens is 1. The van der Waals surface area contributed by atoms with Crippen molar-refractivity contribution in [1.82, 2.24) is 20.5 Å². The number of amides is 2. The molecule has 5 rings (SSSR count). The topological polar surface area (TPSA) is 129 Å². The maximum atomic E-state index is 13.8. The van der Waals surface area contributed by atoms with Gasteiger partial charge in [0.2, 0.25) is 0 Å². The summed E-state index contributed by atoms with van der Waals surface area (Å²) in [5.41, 5.74) is 2.04. The first-order valence-electron chi connectivity index (χ1n) is 13.9. The third kappa shape index (κ3) is 6.86. The molecule has 2 aromatic carbocycles. The smallest absolute Gasteiger partial charge is 0.254 e. The molecule has 0 radical (unpaired) electrons. The molecule has 3 aromatic rings. The molecule has 2 aliphatic heterocycles. The third-order valence-electron chi connectivity index (χ3n) is 7.82. The maximum absolute atomic E-state index is 13.8. The summed E-state index contributed by atoms with van der Waals surface area (Å²) < 4.78 is 25.2. The Bertz CT molecular complexity index is 1500. The number of nitrogens with zero attached hydrogens (tertiary/aromatic N) is 2. The first-order chi connectivity index (χ1) is 19.6. The molecular weight excluding hydrogens is 560 g/mol. The van der Waals surface area contributed by atoms with Crippen LogP contribution < -0.4 is 10.6 Å². The van der Waals surface area contributed by atoms with E-state index in [1.807, 2.05) is 42.6 Å². The van der Waals surface area contributed by atoms with E-state index in [2.05, 4.69) is 15.6 Å². The summed E-state index contributed by atoms with van der Waals surface area (Å²) >= 11 is 1.51. The predicted octanol–water partition coefficient (Wildman–Crippen LogP) is 3.29. The molecule has 2 aliphatic rings. The van der Waals surface area contributed by atoms with Crippen molar-refractivity contribution in [1.29, 1.82) is 0 Å². The van der Waals surface area contributed by atoms with E-state index in [0.29, 0.717) is 13.0 Å². The second kappa shape index (κ2) is 12.4. The molecule has 1 aromatic heterocycles. The molecule has 0 saturated carbocycles. The van der Waals surface area contributed by atoms with Crippen LogP contribution >= 0.6 is 11.3 Å². The fourth-order valence-corrected chi connectivity index (χ4v) is 7.31. The zero-order valence-corrected chi connectivity index (χ0v) is 24.9. The number of carbonyl (C=O) groups is 2. The summed E-state index contributed by atoms with van der Waals surface area (Å²) in [5.74, 6) is -0.882. The number of benzene rings is 2. The Labute approximate surface area is 244 Å². The molecule has 3 heterocycles. The van der Waals surface area contributed by atoms with Gasteiger partial charge in [0.1, 0.15) is 5.01 Å². The van der Waals surface area contributed by atoms with E-state index in [9.17, 15) is 23.1 Å². The van der Waals surface area contributed by atoms with Gasteiger partial charge >= 0.3 is 0 Å². The maximum Gasteiger partial charge on any atom is 0.254 e. The summed E-state index contributed by atoms with van der Waals surface area (Å²) in [5, 5.41) is 20.3. The number of nitrogens with one attached hydrogen (secondary N) is 2. The second-order valence-electron chi connectivity index (χ2n) is 11.0. The van der Waals surface area contributed by atoms with Crippen molar-refractivity contribution in [2.75, 3.05) is 19.3 Å². The van der Waals surface area contributed by atoms with Crippen LogP contribution in [0.15, 0.2) is 58.8 Å². The molecule has 2 saturated heterocycles. The molecule has 0 bridgehead atoms. The summed E-state index contributed by atoms with van der Waals surface area (Å²) in [6.45, 7) is 3.23. The lowest BCUT2D eigenvalue weighted by atomic mass is 9.95. The molecule has 11 heteroatoms.